The van der Waals surface area contributed by atoms with Crippen molar-refractivity contribution in [1.29, 1.82) is 0 Å². The second kappa shape index (κ2) is 4.87. The highest BCUT2D eigenvalue weighted by Gasteiger charge is 2.11. The molecule has 4 nitrogen and oxygen atoms in total. The molecule has 3 rings (SSSR count). The molecule has 0 amide bonds. The molecule has 0 aliphatic carbocycles. The number of rotatable bonds is 3. The van der Waals surface area contributed by atoms with Crippen LogP contribution >= 0.6 is 0 Å². The van der Waals surface area contributed by atoms with Gasteiger partial charge in [0.2, 0.25) is 0 Å². The van der Waals surface area contributed by atoms with Crippen LogP contribution in [0.15, 0.2) is 34.9 Å². The number of ether oxygens (including phenoxy) is 1. The number of furan rings is 1. The van der Waals surface area contributed by atoms with Gasteiger partial charge in [0.05, 0.1) is 19.5 Å². The Kier molecular flexibility index (Phi) is 3.09. The van der Waals surface area contributed by atoms with Gasteiger partial charge in [-0.2, -0.15) is 0 Å². The Labute approximate surface area is 100 Å². The van der Waals surface area contributed by atoms with Crippen LogP contribution in [0.3, 0.4) is 0 Å². The zero-order valence-corrected chi connectivity index (χ0v) is 9.69. The lowest BCUT2D eigenvalue weighted by Crippen LogP contribution is -2.45. The zero-order chi connectivity index (χ0) is 11.5. The molecule has 0 radical (unpaired) electrons. The van der Waals surface area contributed by atoms with Gasteiger partial charge < -0.3 is 9.15 Å². The van der Waals surface area contributed by atoms with Crippen LogP contribution < -0.4 is 5.43 Å². The average molecular weight is 232 g/mol. The van der Waals surface area contributed by atoms with Crippen LogP contribution in [0.4, 0.5) is 0 Å². The molecule has 1 aliphatic rings. The third-order valence-corrected chi connectivity index (χ3v) is 3.07. The number of nitrogens with zero attached hydrogens (tertiary/aromatic N) is 1. The second-order valence-corrected chi connectivity index (χ2v) is 4.19. The van der Waals surface area contributed by atoms with Crippen LogP contribution in [-0.2, 0) is 11.3 Å². The van der Waals surface area contributed by atoms with Gasteiger partial charge in [-0.3, -0.25) is 5.43 Å². The van der Waals surface area contributed by atoms with Gasteiger partial charge in [0.25, 0.3) is 0 Å². The van der Waals surface area contributed by atoms with Crippen molar-refractivity contribution < 1.29 is 9.15 Å². The van der Waals surface area contributed by atoms with E-state index in [1.54, 1.807) is 0 Å². The highest BCUT2D eigenvalue weighted by molar-refractivity contribution is 5.80. The summed E-state index contributed by atoms with van der Waals surface area (Å²) >= 11 is 0. The summed E-state index contributed by atoms with van der Waals surface area (Å²) in [4.78, 5) is 0. The third-order valence-electron chi connectivity index (χ3n) is 3.07. The fraction of sp³-hybridized carbons (Fsp3) is 0.385. The number of morpholine rings is 1. The van der Waals surface area contributed by atoms with Gasteiger partial charge >= 0.3 is 0 Å². The topological polar surface area (TPSA) is 37.6 Å². The van der Waals surface area contributed by atoms with Crippen molar-refractivity contribution in [3.63, 3.8) is 0 Å². The highest BCUT2D eigenvalue weighted by Crippen LogP contribution is 2.20. The molecule has 4 heteroatoms. The first-order valence-electron chi connectivity index (χ1n) is 5.95. The van der Waals surface area contributed by atoms with E-state index >= 15 is 0 Å². The largest absolute Gasteiger partial charge is 0.464 e. The van der Waals surface area contributed by atoms with E-state index in [2.05, 4.69) is 16.5 Å². The molecule has 0 bridgehead atoms. The minimum absolute atomic E-state index is 0.803. The standard InChI is InChI=1S/C13H16N2O2/c1-2-4-13-12(3-1)11(10-17-13)9-14-15-5-7-16-8-6-15/h1-4,10,14H,5-9H2. The van der Waals surface area contributed by atoms with E-state index in [1.165, 1.54) is 10.9 Å². The van der Waals surface area contributed by atoms with Crippen LogP contribution in [0.2, 0.25) is 0 Å². The molecule has 90 valence electrons. The van der Waals surface area contributed by atoms with E-state index < -0.39 is 0 Å². The van der Waals surface area contributed by atoms with E-state index in [4.69, 9.17) is 9.15 Å². The molecule has 17 heavy (non-hydrogen) atoms. The number of hydrogen-bond acceptors (Lipinski definition) is 4. The minimum atomic E-state index is 0.803. The molecule has 1 saturated heterocycles. The van der Waals surface area contributed by atoms with Gasteiger partial charge in [-0.15, -0.1) is 0 Å². The van der Waals surface area contributed by atoms with Crippen LogP contribution in [0.1, 0.15) is 5.56 Å². The Bertz CT molecular complexity index is 489. The fourth-order valence-corrected chi connectivity index (χ4v) is 2.09. The molecule has 0 atom stereocenters. The zero-order valence-electron chi connectivity index (χ0n) is 9.69. The number of hydrazine groups is 1. The summed E-state index contributed by atoms with van der Waals surface area (Å²) in [6, 6.07) is 8.11. The predicted octanol–water partition coefficient (Wildman–Crippen LogP) is 1.77. The lowest BCUT2D eigenvalue weighted by atomic mass is 10.2. The first-order chi connectivity index (χ1) is 8.43. The first-order valence-corrected chi connectivity index (χ1v) is 5.95. The highest BCUT2D eigenvalue weighted by atomic mass is 16.5. The van der Waals surface area contributed by atoms with E-state index in [-0.39, 0.29) is 0 Å². The minimum Gasteiger partial charge on any atom is -0.464 e. The molecule has 2 aromatic rings. The lowest BCUT2D eigenvalue weighted by Gasteiger charge is -2.27. The van der Waals surface area contributed by atoms with Gasteiger partial charge in [-0.25, -0.2) is 5.01 Å². The molecular formula is C13H16N2O2. The maximum atomic E-state index is 5.51. The molecule has 0 unspecified atom stereocenters. The summed E-state index contributed by atoms with van der Waals surface area (Å²) in [7, 11) is 0. The Balaban J connectivity index is 1.68. The number of fused-ring (bicyclic) bond motifs is 1. The van der Waals surface area contributed by atoms with Crippen molar-refractivity contribution in [3.05, 3.63) is 36.1 Å². The van der Waals surface area contributed by atoms with Crippen LogP contribution in [-0.4, -0.2) is 31.3 Å². The van der Waals surface area contributed by atoms with Gasteiger partial charge in [0, 0.05) is 30.6 Å². The van der Waals surface area contributed by atoms with Crippen molar-refractivity contribution in [2.24, 2.45) is 0 Å². The van der Waals surface area contributed by atoms with Crippen molar-refractivity contribution in [1.82, 2.24) is 10.4 Å². The van der Waals surface area contributed by atoms with Crippen molar-refractivity contribution >= 4 is 11.0 Å². The van der Waals surface area contributed by atoms with E-state index in [0.29, 0.717) is 0 Å². The van der Waals surface area contributed by atoms with E-state index in [9.17, 15) is 0 Å². The molecular weight excluding hydrogens is 216 g/mol. The summed E-state index contributed by atoms with van der Waals surface area (Å²) < 4.78 is 10.8. The van der Waals surface area contributed by atoms with Gasteiger partial charge in [0.1, 0.15) is 5.58 Å². The average Bonchev–Trinajstić information content (AvgIpc) is 2.81. The summed E-state index contributed by atoms with van der Waals surface area (Å²) in [5.41, 5.74) is 5.56. The molecule has 0 spiro atoms. The number of benzene rings is 1. The van der Waals surface area contributed by atoms with Crippen LogP contribution in [0, 0.1) is 0 Å². The Morgan fingerprint density at radius 3 is 2.88 bits per heavy atom. The Morgan fingerprint density at radius 1 is 1.18 bits per heavy atom. The van der Waals surface area contributed by atoms with Gasteiger partial charge in [-0.05, 0) is 6.07 Å². The first kappa shape index (κ1) is 10.8. The van der Waals surface area contributed by atoms with Gasteiger partial charge in [-0.1, -0.05) is 18.2 Å². The van der Waals surface area contributed by atoms with Crippen LogP contribution in [0.25, 0.3) is 11.0 Å². The van der Waals surface area contributed by atoms with Crippen molar-refractivity contribution in [2.75, 3.05) is 26.3 Å². The van der Waals surface area contributed by atoms with E-state index in [1.807, 2.05) is 24.5 Å². The predicted molar refractivity (Wildman–Crippen MR) is 65.4 cm³/mol. The number of para-hydroxylation sites is 1. The van der Waals surface area contributed by atoms with E-state index in [0.717, 1.165) is 38.4 Å². The third kappa shape index (κ3) is 2.34. The molecule has 1 fully saturated rings. The SMILES string of the molecule is c1ccc2c(CNN3CCOCC3)coc2c1. The number of hydrogen-bond donors (Lipinski definition) is 1. The summed E-state index contributed by atoms with van der Waals surface area (Å²) in [6.07, 6.45) is 1.83. The Morgan fingerprint density at radius 2 is 2.00 bits per heavy atom. The second-order valence-electron chi connectivity index (χ2n) is 4.19. The maximum absolute atomic E-state index is 5.51. The normalized spacial score (nSPS) is 17.6. The van der Waals surface area contributed by atoms with Crippen LogP contribution in [0.5, 0.6) is 0 Å². The monoisotopic (exact) mass is 232 g/mol. The quantitative estimate of drug-likeness (QED) is 0.875. The molecule has 2 heterocycles. The van der Waals surface area contributed by atoms with Crippen molar-refractivity contribution in [3.8, 4) is 0 Å². The Hall–Kier alpha value is -1.36. The molecule has 0 saturated carbocycles. The van der Waals surface area contributed by atoms with Crippen molar-refractivity contribution in [2.45, 2.75) is 6.54 Å². The molecule has 1 aliphatic heterocycles. The summed E-state index contributed by atoms with van der Waals surface area (Å²) in [5.74, 6) is 0. The smallest absolute Gasteiger partial charge is 0.134 e. The maximum Gasteiger partial charge on any atom is 0.134 e. The number of nitrogens with one attached hydrogen (secondary N) is 1. The fourth-order valence-electron chi connectivity index (χ4n) is 2.09. The summed E-state index contributed by atoms with van der Waals surface area (Å²) in [5, 5.41) is 3.39. The van der Waals surface area contributed by atoms with Gasteiger partial charge in [0.15, 0.2) is 0 Å². The molecule has 1 aromatic heterocycles. The molecule has 1 N–H and O–H groups in total. The summed E-state index contributed by atoms with van der Waals surface area (Å²) in [6.45, 7) is 4.29. The molecule has 1 aromatic carbocycles. The lowest BCUT2D eigenvalue weighted by molar-refractivity contribution is 0.0106.